The third kappa shape index (κ3) is 6.76. The Balaban J connectivity index is 1.54. The quantitative estimate of drug-likeness (QED) is 0.300. The van der Waals surface area contributed by atoms with Crippen LogP contribution in [0, 0.1) is 20.8 Å². The molecule has 2 N–H and O–H groups in total. The van der Waals surface area contributed by atoms with E-state index in [-0.39, 0.29) is 28.1 Å². The highest BCUT2D eigenvalue weighted by Gasteiger charge is 2.20. The molecular formula is C26H24N4O4S3. The number of nitrogens with zero attached hydrogens (tertiary/aromatic N) is 2. The molecule has 190 valence electrons. The molecule has 2 amide bonds. The minimum atomic E-state index is -3.71. The molecule has 1 aromatic carbocycles. The molecule has 0 radical (unpaired) electrons. The zero-order chi connectivity index (χ0) is 26.6. The summed E-state index contributed by atoms with van der Waals surface area (Å²) in [7, 11) is -3.71. The Hall–Kier alpha value is -3.67. The van der Waals surface area contributed by atoms with Crippen molar-refractivity contribution in [1.29, 1.82) is 0 Å². The van der Waals surface area contributed by atoms with Crippen LogP contribution >= 0.6 is 22.7 Å². The molecule has 0 aliphatic rings. The molecule has 37 heavy (non-hydrogen) atoms. The number of aryl methyl sites for hydroxylation is 3. The topological polar surface area (TPSA) is 118 Å². The summed E-state index contributed by atoms with van der Waals surface area (Å²) in [5, 5.41) is 9.12. The first-order valence-electron chi connectivity index (χ1n) is 11.2. The number of benzene rings is 1. The summed E-state index contributed by atoms with van der Waals surface area (Å²) in [6, 6.07) is 13.4. The van der Waals surface area contributed by atoms with Crippen molar-refractivity contribution in [2.24, 2.45) is 0 Å². The lowest BCUT2D eigenvalue weighted by atomic mass is 10.2. The van der Waals surface area contributed by atoms with E-state index in [1.807, 2.05) is 17.5 Å². The summed E-state index contributed by atoms with van der Waals surface area (Å²) in [6.45, 7) is 5.28. The van der Waals surface area contributed by atoms with Gasteiger partial charge >= 0.3 is 0 Å². The lowest BCUT2D eigenvalue weighted by Gasteiger charge is -2.13. The molecule has 0 atom stereocenters. The van der Waals surface area contributed by atoms with Gasteiger partial charge in [0.2, 0.25) is 0 Å². The molecule has 0 spiro atoms. The summed E-state index contributed by atoms with van der Waals surface area (Å²) in [5.74, 6) is -1.01. The summed E-state index contributed by atoms with van der Waals surface area (Å²) >= 11 is 2.70. The predicted molar refractivity (Wildman–Crippen MR) is 146 cm³/mol. The zero-order valence-electron chi connectivity index (χ0n) is 20.3. The Bertz CT molecular complexity index is 1560. The molecule has 0 bridgehead atoms. The van der Waals surface area contributed by atoms with Crippen LogP contribution < -0.4 is 10.6 Å². The van der Waals surface area contributed by atoms with Gasteiger partial charge in [0.15, 0.2) is 9.84 Å². The van der Waals surface area contributed by atoms with E-state index in [0.717, 1.165) is 4.88 Å². The second kappa shape index (κ2) is 11.2. The number of anilines is 1. The standard InChI is InChI=1S/C26H24N4O4S3/c1-16-12-20(37(33,34)15-24-27-17(2)13-18(3)28-24)8-9-21(16)29-25(31)22(14-19-6-4-10-35-19)30-26(32)23-7-5-11-36-23/h4-14H,15H2,1-3H3,(H,29,31)(H,30,32)/b22-14+. The maximum absolute atomic E-state index is 13.2. The van der Waals surface area contributed by atoms with Crippen molar-refractivity contribution in [3.05, 3.63) is 97.5 Å². The Morgan fingerprint density at radius 3 is 2.27 bits per heavy atom. The van der Waals surface area contributed by atoms with Gasteiger partial charge in [-0.15, -0.1) is 22.7 Å². The highest BCUT2D eigenvalue weighted by Crippen LogP contribution is 2.23. The van der Waals surface area contributed by atoms with Crippen LogP contribution in [0.5, 0.6) is 0 Å². The molecule has 0 aliphatic carbocycles. The van der Waals surface area contributed by atoms with Crippen LogP contribution in [0.25, 0.3) is 6.08 Å². The van der Waals surface area contributed by atoms with Gasteiger partial charge in [-0.2, -0.15) is 0 Å². The van der Waals surface area contributed by atoms with E-state index < -0.39 is 15.7 Å². The molecule has 0 unspecified atom stereocenters. The van der Waals surface area contributed by atoms with E-state index >= 15 is 0 Å². The van der Waals surface area contributed by atoms with E-state index in [2.05, 4.69) is 20.6 Å². The Kier molecular flexibility index (Phi) is 7.96. The van der Waals surface area contributed by atoms with E-state index in [1.54, 1.807) is 50.4 Å². The van der Waals surface area contributed by atoms with Crippen LogP contribution in [0.3, 0.4) is 0 Å². The fourth-order valence-corrected chi connectivity index (χ4v) is 6.09. The fraction of sp³-hybridized carbons (Fsp3) is 0.154. The number of hydrogen-bond acceptors (Lipinski definition) is 8. The van der Waals surface area contributed by atoms with Crippen LogP contribution in [0.2, 0.25) is 0 Å². The Labute approximate surface area is 223 Å². The number of rotatable bonds is 8. The highest BCUT2D eigenvalue weighted by atomic mass is 32.2. The van der Waals surface area contributed by atoms with E-state index in [0.29, 0.717) is 27.5 Å². The van der Waals surface area contributed by atoms with Crippen LogP contribution in [-0.4, -0.2) is 30.2 Å². The number of thiophene rings is 2. The fourth-order valence-electron chi connectivity index (χ4n) is 3.54. The van der Waals surface area contributed by atoms with Crippen molar-refractivity contribution in [2.45, 2.75) is 31.4 Å². The number of sulfone groups is 1. The van der Waals surface area contributed by atoms with Crippen molar-refractivity contribution in [1.82, 2.24) is 15.3 Å². The van der Waals surface area contributed by atoms with Crippen molar-refractivity contribution < 1.29 is 18.0 Å². The number of carbonyl (C=O) groups excluding carboxylic acids is 2. The maximum Gasteiger partial charge on any atom is 0.272 e. The molecule has 8 nitrogen and oxygen atoms in total. The second-order valence-electron chi connectivity index (χ2n) is 8.26. The highest BCUT2D eigenvalue weighted by molar-refractivity contribution is 7.90. The van der Waals surface area contributed by atoms with Gasteiger partial charge in [-0.05, 0) is 79.6 Å². The summed E-state index contributed by atoms with van der Waals surface area (Å²) in [5.41, 5.74) is 2.45. The van der Waals surface area contributed by atoms with Gasteiger partial charge < -0.3 is 10.6 Å². The van der Waals surface area contributed by atoms with Crippen molar-refractivity contribution >= 4 is 56.1 Å². The number of amides is 2. The van der Waals surface area contributed by atoms with Gasteiger partial charge in [0.25, 0.3) is 11.8 Å². The second-order valence-corrected chi connectivity index (χ2v) is 12.2. The predicted octanol–water partition coefficient (Wildman–Crippen LogP) is 4.91. The van der Waals surface area contributed by atoms with E-state index in [9.17, 15) is 18.0 Å². The average molecular weight is 553 g/mol. The smallest absolute Gasteiger partial charge is 0.272 e. The third-order valence-corrected chi connectivity index (χ3v) is 8.52. The molecule has 4 rings (SSSR count). The minimum absolute atomic E-state index is 0.0731. The Morgan fingerprint density at radius 1 is 0.946 bits per heavy atom. The lowest BCUT2D eigenvalue weighted by molar-refractivity contribution is -0.113. The largest absolute Gasteiger partial charge is 0.320 e. The number of carbonyl (C=O) groups is 2. The first kappa shape index (κ1) is 26.4. The van der Waals surface area contributed by atoms with Gasteiger partial charge in [0.05, 0.1) is 9.77 Å². The third-order valence-electron chi connectivity index (χ3n) is 5.22. The molecule has 3 aromatic heterocycles. The van der Waals surface area contributed by atoms with E-state index in [1.165, 1.54) is 40.9 Å². The molecule has 0 aliphatic heterocycles. The summed E-state index contributed by atoms with van der Waals surface area (Å²) in [4.78, 5) is 35.6. The average Bonchev–Trinajstić information content (AvgIpc) is 3.53. The minimum Gasteiger partial charge on any atom is -0.320 e. The molecular weight excluding hydrogens is 529 g/mol. The molecule has 0 fully saturated rings. The number of nitrogens with one attached hydrogen (secondary N) is 2. The van der Waals surface area contributed by atoms with Crippen LogP contribution in [0.4, 0.5) is 5.69 Å². The summed E-state index contributed by atoms with van der Waals surface area (Å²) in [6.07, 6.45) is 1.60. The molecule has 4 aromatic rings. The van der Waals surface area contributed by atoms with Crippen LogP contribution in [0.15, 0.2) is 69.9 Å². The molecule has 0 saturated heterocycles. The first-order chi connectivity index (χ1) is 17.6. The Morgan fingerprint density at radius 2 is 1.65 bits per heavy atom. The van der Waals surface area contributed by atoms with E-state index in [4.69, 9.17) is 0 Å². The normalized spacial score (nSPS) is 11.8. The van der Waals surface area contributed by atoms with Gasteiger partial charge in [-0.25, -0.2) is 18.4 Å². The van der Waals surface area contributed by atoms with Gasteiger partial charge in [-0.1, -0.05) is 12.1 Å². The molecule has 11 heteroatoms. The number of hydrogen-bond donors (Lipinski definition) is 2. The molecule has 0 saturated carbocycles. The number of aromatic nitrogens is 2. The monoisotopic (exact) mass is 552 g/mol. The zero-order valence-corrected chi connectivity index (χ0v) is 22.8. The van der Waals surface area contributed by atoms with Crippen LogP contribution in [0.1, 0.15) is 37.3 Å². The van der Waals surface area contributed by atoms with Gasteiger partial charge in [-0.3, -0.25) is 9.59 Å². The van der Waals surface area contributed by atoms with Crippen molar-refractivity contribution in [3.8, 4) is 0 Å². The first-order valence-corrected chi connectivity index (χ1v) is 14.6. The SMILES string of the molecule is Cc1cc(C)nc(CS(=O)(=O)c2ccc(NC(=O)/C(=C\c3cccs3)NC(=O)c3cccs3)c(C)c2)n1. The molecule has 3 heterocycles. The van der Waals surface area contributed by atoms with Gasteiger partial charge in [0, 0.05) is 22.0 Å². The lowest BCUT2D eigenvalue weighted by Crippen LogP contribution is -2.30. The summed E-state index contributed by atoms with van der Waals surface area (Å²) < 4.78 is 26.0. The van der Waals surface area contributed by atoms with Crippen LogP contribution in [-0.2, 0) is 20.4 Å². The van der Waals surface area contributed by atoms with Crippen molar-refractivity contribution in [3.63, 3.8) is 0 Å². The van der Waals surface area contributed by atoms with Crippen molar-refractivity contribution in [2.75, 3.05) is 5.32 Å². The maximum atomic E-state index is 13.2. The van der Waals surface area contributed by atoms with Gasteiger partial charge in [0.1, 0.15) is 17.3 Å².